The second-order valence-electron chi connectivity index (χ2n) is 4.20. The summed E-state index contributed by atoms with van der Waals surface area (Å²) in [5.41, 5.74) is 1.09. The number of hydrogen-bond donors (Lipinski definition) is 0. The third-order valence-electron chi connectivity index (χ3n) is 3.18. The number of nitrogens with zero attached hydrogens (tertiary/aromatic N) is 1. The van der Waals surface area contributed by atoms with Crippen LogP contribution in [-0.4, -0.2) is 6.08 Å². The van der Waals surface area contributed by atoms with Crippen LogP contribution in [0.4, 0.5) is 0 Å². The summed E-state index contributed by atoms with van der Waals surface area (Å²) >= 11 is 0. The summed E-state index contributed by atoms with van der Waals surface area (Å²) in [5.74, 6) is 0. The summed E-state index contributed by atoms with van der Waals surface area (Å²) in [6, 6.07) is 18.5. The second kappa shape index (κ2) is 4.44. The van der Waals surface area contributed by atoms with Crippen molar-refractivity contribution in [3.8, 4) is 0 Å². The lowest BCUT2D eigenvalue weighted by Crippen LogP contribution is -1.88. The first kappa shape index (κ1) is 10.7. The van der Waals surface area contributed by atoms with E-state index in [9.17, 15) is 4.79 Å². The van der Waals surface area contributed by atoms with Crippen LogP contribution in [0.2, 0.25) is 0 Å². The highest BCUT2D eigenvalue weighted by Gasteiger charge is 2.06. The molecular formula is C16H11NO. The van der Waals surface area contributed by atoms with Crippen LogP contribution in [-0.2, 0) is 11.3 Å². The van der Waals surface area contributed by atoms with Gasteiger partial charge in [-0.25, -0.2) is 9.79 Å². The molecule has 0 bridgehead atoms. The summed E-state index contributed by atoms with van der Waals surface area (Å²) in [5, 5.41) is 4.64. The van der Waals surface area contributed by atoms with Gasteiger partial charge < -0.3 is 0 Å². The molecule has 2 heteroatoms. The summed E-state index contributed by atoms with van der Waals surface area (Å²) in [6.45, 7) is 0.380. The van der Waals surface area contributed by atoms with E-state index < -0.39 is 0 Å². The predicted molar refractivity (Wildman–Crippen MR) is 73.3 cm³/mol. The topological polar surface area (TPSA) is 29.4 Å². The maximum absolute atomic E-state index is 10.4. The number of rotatable bonds is 2. The Morgan fingerprint density at radius 1 is 0.889 bits per heavy atom. The van der Waals surface area contributed by atoms with E-state index >= 15 is 0 Å². The zero-order valence-electron chi connectivity index (χ0n) is 9.76. The van der Waals surface area contributed by atoms with E-state index in [0.29, 0.717) is 6.54 Å². The van der Waals surface area contributed by atoms with E-state index in [1.807, 2.05) is 24.3 Å². The maximum Gasteiger partial charge on any atom is 0.235 e. The third-order valence-corrected chi connectivity index (χ3v) is 3.18. The van der Waals surface area contributed by atoms with Gasteiger partial charge in [-0.1, -0.05) is 48.5 Å². The summed E-state index contributed by atoms with van der Waals surface area (Å²) in [4.78, 5) is 14.1. The zero-order chi connectivity index (χ0) is 12.4. The molecule has 3 rings (SSSR count). The monoisotopic (exact) mass is 233 g/mol. The van der Waals surface area contributed by atoms with E-state index in [1.165, 1.54) is 10.8 Å². The van der Waals surface area contributed by atoms with Crippen molar-refractivity contribution in [2.45, 2.75) is 6.54 Å². The third kappa shape index (κ3) is 1.69. The van der Waals surface area contributed by atoms with Gasteiger partial charge in [-0.15, -0.1) is 0 Å². The van der Waals surface area contributed by atoms with Gasteiger partial charge in [0.1, 0.15) is 0 Å². The Balaban J connectivity index is 2.45. The fraction of sp³-hybridized carbons (Fsp3) is 0.0625. The molecule has 0 unspecified atom stereocenters. The standard InChI is InChI=1S/C16H11NO/c18-11-17-10-16-14-7-3-1-5-12(14)9-13-6-2-4-8-15(13)16/h1-9H,10H2. The first-order chi connectivity index (χ1) is 8.90. The minimum atomic E-state index is 0.380. The molecule has 86 valence electrons. The van der Waals surface area contributed by atoms with Crippen molar-refractivity contribution in [3.63, 3.8) is 0 Å². The van der Waals surface area contributed by atoms with Gasteiger partial charge >= 0.3 is 0 Å². The Bertz CT molecular complexity index is 716. The maximum atomic E-state index is 10.4. The zero-order valence-corrected chi connectivity index (χ0v) is 9.76. The number of carbonyl (C=O) groups excluding carboxylic acids is 1. The molecule has 0 radical (unpaired) electrons. The smallest absolute Gasteiger partial charge is 0.211 e. The van der Waals surface area contributed by atoms with E-state index in [-0.39, 0.29) is 0 Å². The Morgan fingerprint density at radius 2 is 1.44 bits per heavy atom. The van der Waals surface area contributed by atoms with Crippen molar-refractivity contribution < 1.29 is 4.79 Å². The molecule has 3 aromatic carbocycles. The van der Waals surface area contributed by atoms with Crippen LogP contribution in [0.1, 0.15) is 5.56 Å². The van der Waals surface area contributed by atoms with Crippen molar-refractivity contribution in [1.82, 2.24) is 0 Å². The van der Waals surface area contributed by atoms with Gasteiger partial charge in [0.05, 0.1) is 6.54 Å². The van der Waals surface area contributed by atoms with Gasteiger partial charge in [0.15, 0.2) is 0 Å². The van der Waals surface area contributed by atoms with Gasteiger partial charge in [0, 0.05) is 0 Å². The second-order valence-corrected chi connectivity index (χ2v) is 4.20. The molecule has 0 N–H and O–H groups in total. The lowest BCUT2D eigenvalue weighted by atomic mass is 9.97. The molecule has 0 fully saturated rings. The Labute approximate surface area is 105 Å². The van der Waals surface area contributed by atoms with Crippen LogP contribution in [0.25, 0.3) is 21.5 Å². The molecule has 2 nitrogen and oxygen atoms in total. The van der Waals surface area contributed by atoms with Crippen molar-refractivity contribution in [1.29, 1.82) is 0 Å². The average molecular weight is 233 g/mol. The molecule has 0 aliphatic heterocycles. The summed E-state index contributed by atoms with van der Waals surface area (Å²) < 4.78 is 0. The van der Waals surface area contributed by atoms with Crippen molar-refractivity contribution in [2.24, 2.45) is 4.99 Å². The number of aliphatic imine (C=N–C) groups is 1. The SMILES string of the molecule is O=C=NCc1c2ccccc2cc2ccccc12. The fourth-order valence-corrected chi connectivity index (χ4v) is 2.39. The molecule has 18 heavy (non-hydrogen) atoms. The molecule has 0 aliphatic carbocycles. The fourth-order valence-electron chi connectivity index (χ4n) is 2.39. The molecule has 0 saturated heterocycles. The van der Waals surface area contributed by atoms with Crippen LogP contribution in [0.3, 0.4) is 0 Å². The number of hydrogen-bond acceptors (Lipinski definition) is 2. The minimum absolute atomic E-state index is 0.380. The molecule has 0 amide bonds. The van der Waals surface area contributed by atoms with Gasteiger partial charge in [0.25, 0.3) is 0 Å². The molecule has 3 aromatic rings. The molecule has 0 saturated carbocycles. The quantitative estimate of drug-likeness (QED) is 0.376. The van der Waals surface area contributed by atoms with Crippen LogP contribution >= 0.6 is 0 Å². The molecular weight excluding hydrogens is 222 g/mol. The molecule has 0 heterocycles. The van der Waals surface area contributed by atoms with Crippen LogP contribution in [0.15, 0.2) is 59.6 Å². The summed E-state index contributed by atoms with van der Waals surface area (Å²) in [7, 11) is 0. The molecule has 0 aromatic heterocycles. The van der Waals surface area contributed by atoms with Crippen molar-refractivity contribution >= 4 is 27.6 Å². The minimum Gasteiger partial charge on any atom is -0.211 e. The van der Waals surface area contributed by atoms with Gasteiger partial charge in [-0.3, -0.25) is 0 Å². The number of benzene rings is 3. The first-order valence-electron chi connectivity index (χ1n) is 5.83. The molecule has 0 aliphatic rings. The highest BCUT2D eigenvalue weighted by Crippen LogP contribution is 2.28. The Hall–Kier alpha value is -2.44. The van der Waals surface area contributed by atoms with Crippen molar-refractivity contribution in [2.75, 3.05) is 0 Å². The van der Waals surface area contributed by atoms with Crippen LogP contribution in [0, 0.1) is 0 Å². The largest absolute Gasteiger partial charge is 0.235 e. The lowest BCUT2D eigenvalue weighted by molar-refractivity contribution is 0.563. The normalized spacial score (nSPS) is 10.4. The average Bonchev–Trinajstić information content (AvgIpc) is 2.43. The van der Waals surface area contributed by atoms with E-state index in [4.69, 9.17) is 0 Å². The number of fused-ring (bicyclic) bond motifs is 2. The highest BCUT2D eigenvalue weighted by atomic mass is 16.1. The lowest BCUT2D eigenvalue weighted by Gasteiger charge is -2.08. The molecule has 0 atom stereocenters. The van der Waals surface area contributed by atoms with Gasteiger partial charge in [-0.2, -0.15) is 0 Å². The Morgan fingerprint density at radius 3 is 2.00 bits per heavy atom. The predicted octanol–water partition coefficient (Wildman–Crippen LogP) is 3.83. The first-order valence-corrected chi connectivity index (χ1v) is 5.83. The van der Waals surface area contributed by atoms with E-state index in [2.05, 4.69) is 35.3 Å². The van der Waals surface area contributed by atoms with Gasteiger partial charge in [-0.05, 0) is 33.2 Å². The number of isocyanates is 1. The summed E-state index contributed by atoms with van der Waals surface area (Å²) in [6.07, 6.45) is 1.62. The van der Waals surface area contributed by atoms with E-state index in [0.717, 1.165) is 16.3 Å². The van der Waals surface area contributed by atoms with Gasteiger partial charge in [0.2, 0.25) is 6.08 Å². The van der Waals surface area contributed by atoms with E-state index in [1.54, 1.807) is 6.08 Å². The molecule has 0 spiro atoms. The van der Waals surface area contributed by atoms with Crippen LogP contribution < -0.4 is 0 Å². The van der Waals surface area contributed by atoms with Crippen LogP contribution in [0.5, 0.6) is 0 Å². The van der Waals surface area contributed by atoms with Crippen molar-refractivity contribution in [3.05, 3.63) is 60.2 Å². The highest BCUT2D eigenvalue weighted by molar-refractivity contribution is 6.02. The Kier molecular flexibility index (Phi) is 2.64.